The third-order valence-corrected chi connectivity index (χ3v) is 2.56. The number of rotatable bonds is 3. The van der Waals surface area contributed by atoms with E-state index in [1.54, 1.807) is 6.92 Å². The highest BCUT2D eigenvalue weighted by Crippen LogP contribution is 2.25. The van der Waals surface area contributed by atoms with Gasteiger partial charge in [-0.25, -0.2) is 0 Å². The zero-order chi connectivity index (χ0) is 9.90. The monoisotopic (exact) mass is 183 g/mol. The molecule has 2 N–H and O–H groups in total. The first-order valence-corrected chi connectivity index (χ1v) is 4.53. The number of hydrogen-bond acceptors (Lipinski definition) is 3. The van der Waals surface area contributed by atoms with E-state index in [9.17, 15) is 5.11 Å². The van der Waals surface area contributed by atoms with Crippen molar-refractivity contribution in [3.05, 3.63) is 18.1 Å². The lowest BCUT2D eigenvalue weighted by molar-refractivity contribution is 0.0116. The molecule has 3 nitrogen and oxygen atoms in total. The lowest BCUT2D eigenvalue weighted by atomic mass is 9.93. The van der Waals surface area contributed by atoms with Crippen LogP contribution in [0, 0.1) is 0 Å². The molecule has 0 aromatic heterocycles. The molecule has 1 fully saturated rings. The standard InChI is InChI=1S/C10H17NO2/c1-4-9(13-3)10(2,12)8-6-5-7-11-8/h8,11-12H,1,5-7H2,2-3H3. The maximum absolute atomic E-state index is 10.1. The fourth-order valence-corrected chi connectivity index (χ4v) is 1.78. The van der Waals surface area contributed by atoms with E-state index in [0.717, 1.165) is 19.4 Å². The van der Waals surface area contributed by atoms with E-state index in [4.69, 9.17) is 4.74 Å². The van der Waals surface area contributed by atoms with Gasteiger partial charge < -0.3 is 15.2 Å². The van der Waals surface area contributed by atoms with Gasteiger partial charge in [0.15, 0.2) is 5.76 Å². The van der Waals surface area contributed by atoms with Crippen LogP contribution in [0.5, 0.6) is 0 Å². The quantitative estimate of drug-likeness (QED) is 0.502. The Morgan fingerprint density at radius 1 is 1.77 bits per heavy atom. The summed E-state index contributed by atoms with van der Waals surface area (Å²) < 4.78 is 5.03. The number of hydrogen-bond donors (Lipinski definition) is 2. The number of ether oxygens (including phenoxy) is 1. The van der Waals surface area contributed by atoms with Crippen LogP contribution in [0.4, 0.5) is 0 Å². The van der Waals surface area contributed by atoms with Crippen molar-refractivity contribution in [1.82, 2.24) is 5.32 Å². The molecule has 0 amide bonds. The molecule has 1 rings (SSSR count). The van der Waals surface area contributed by atoms with Crippen molar-refractivity contribution in [2.45, 2.75) is 31.4 Å². The molecule has 3 heteroatoms. The van der Waals surface area contributed by atoms with Crippen LogP contribution >= 0.6 is 0 Å². The molecule has 0 saturated carbocycles. The van der Waals surface area contributed by atoms with Crippen LogP contribution in [0.2, 0.25) is 0 Å². The lowest BCUT2D eigenvalue weighted by Gasteiger charge is -2.30. The van der Waals surface area contributed by atoms with Gasteiger partial charge in [0, 0.05) is 6.04 Å². The number of methoxy groups -OCH3 is 1. The minimum atomic E-state index is -0.993. The van der Waals surface area contributed by atoms with E-state index in [-0.39, 0.29) is 6.04 Å². The highest BCUT2D eigenvalue weighted by Gasteiger charge is 2.38. The summed E-state index contributed by atoms with van der Waals surface area (Å²) in [4.78, 5) is 0. The van der Waals surface area contributed by atoms with Crippen molar-refractivity contribution in [2.24, 2.45) is 0 Å². The van der Waals surface area contributed by atoms with E-state index in [2.05, 4.69) is 17.6 Å². The third kappa shape index (κ3) is 1.94. The fourth-order valence-electron chi connectivity index (χ4n) is 1.78. The lowest BCUT2D eigenvalue weighted by Crippen LogP contribution is -2.47. The normalized spacial score (nSPS) is 26.2. The molecule has 1 heterocycles. The molecule has 1 saturated heterocycles. The first kappa shape index (κ1) is 10.3. The van der Waals surface area contributed by atoms with Gasteiger partial charge in [-0.3, -0.25) is 0 Å². The predicted octanol–water partition coefficient (Wildman–Crippen LogP) is 0.805. The van der Waals surface area contributed by atoms with Crippen LogP contribution in [-0.2, 0) is 4.74 Å². The second-order valence-electron chi connectivity index (χ2n) is 3.51. The largest absolute Gasteiger partial charge is 0.490 e. The van der Waals surface area contributed by atoms with Crippen molar-refractivity contribution >= 4 is 0 Å². The van der Waals surface area contributed by atoms with Crippen LogP contribution < -0.4 is 5.32 Å². The minimum Gasteiger partial charge on any atom is -0.490 e. The Balaban J connectivity index is 2.78. The minimum absolute atomic E-state index is 0.0525. The smallest absolute Gasteiger partial charge is 0.170 e. The molecule has 0 bridgehead atoms. The summed E-state index contributed by atoms with van der Waals surface area (Å²) in [5.41, 5.74) is 1.63. The Kier molecular flexibility index (Phi) is 3.15. The molecule has 0 radical (unpaired) electrons. The summed E-state index contributed by atoms with van der Waals surface area (Å²) in [6, 6.07) is 0.0525. The van der Waals surface area contributed by atoms with Crippen LogP contribution in [0.25, 0.3) is 0 Å². The topological polar surface area (TPSA) is 41.5 Å². The summed E-state index contributed by atoms with van der Waals surface area (Å²) >= 11 is 0. The summed E-state index contributed by atoms with van der Waals surface area (Å²) in [5.74, 6) is 0.409. The van der Waals surface area contributed by atoms with Gasteiger partial charge in [0.25, 0.3) is 0 Å². The summed E-state index contributed by atoms with van der Waals surface area (Å²) in [6.07, 6.45) is 2.05. The van der Waals surface area contributed by atoms with Gasteiger partial charge in [0.1, 0.15) is 5.60 Å². The maximum Gasteiger partial charge on any atom is 0.170 e. The first-order valence-electron chi connectivity index (χ1n) is 4.53. The molecule has 0 spiro atoms. The Bertz CT molecular complexity index is 223. The molecule has 2 unspecified atom stereocenters. The van der Waals surface area contributed by atoms with Crippen molar-refractivity contribution in [2.75, 3.05) is 13.7 Å². The Morgan fingerprint density at radius 3 is 2.85 bits per heavy atom. The van der Waals surface area contributed by atoms with Crippen LogP contribution in [0.15, 0.2) is 18.1 Å². The molecule has 0 aromatic carbocycles. The highest BCUT2D eigenvalue weighted by molar-refractivity contribution is 5.12. The van der Waals surface area contributed by atoms with Crippen molar-refractivity contribution < 1.29 is 9.84 Å². The van der Waals surface area contributed by atoms with Crippen LogP contribution in [0.1, 0.15) is 19.8 Å². The molecule has 13 heavy (non-hydrogen) atoms. The zero-order valence-corrected chi connectivity index (χ0v) is 8.26. The van der Waals surface area contributed by atoms with E-state index in [0.29, 0.717) is 5.76 Å². The van der Waals surface area contributed by atoms with Crippen LogP contribution in [-0.4, -0.2) is 30.4 Å². The van der Waals surface area contributed by atoms with Gasteiger partial charge in [-0.15, -0.1) is 0 Å². The molecular weight excluding hydrogens is 166 g/mol. The molecular formula is C10H17NO2. The van der Waals surface area contributed by atoms with E-state index >= 15 is 0 Å². The number of aliphatic hydroxyl groups is 1. The SMILES string of the molecule is C=C=C(OC)C(C)(O)C1CCCN1. The van der Waals surface area contributed by atoms with E-state index in [1.165, 1.54) is 7.11 Å². The molecule has 0 aromatic rings. The maximum atomic E-state index is 10.1. The molecule has 0 aliphatic carbocycles. The first-order chi connectivity index (χ1) is 6.12. The second kappa shape index (κ2) is 3.97. The van der Waals surface area contributed by atoms with Crippen LogP contribution in [0.3, 0.4) is 0 Å². The van der Waals surface area contributed by atoms with Gasteiger partial charge in [-0.05, 0) is 26.3 Å². The Hall–Kier alpha value is -0.760. The summed E-state index contributed by atoms with van der Waals surface area (Å²) in [7, 11) is 1.52. The third-order valence-electron chi connectivity index (χ3n) is 2.56. The van der Waals surface area contributed by atoms with E-state index in [1.807, 2.05) is 0 Å². The average Bonchev–Trinajstić information content (AvgIpc) is 2.58. The van der Waals surface area contributed by atoms with Gasteiger partial charge >= 0.3 is 0 Å². The molecule has 1 aliphatic rings. The average molecular weight is 183 g/mol. The molecule has 74 valence electrons. The highest BCUT2D eigenvalue weighted by atomic mass is 16.5. The molecule has 2 atom stereocenters. The van der Waals surface area contributed by atoms with Crippen molar-refractivity contribution in [3.8, 4) is 0 Å². The zero-order valence-electron chi connectivity index (χ0n) is 8.26. The number of nitrogens with one attached hydrogen (secondary N) is 1. The van der Waals surface area contributed by atoms with Gasteiger partial charge in [0.05, 0.1) is 7.11 Å². The second-order valence-corrected chi connectivity index (χ2v) is 3.51. The molecule has 1 aliphatic heterocycles. The van der Waals surface area contributed by atoms with Crippen molar-refractivity contribution in [1.29, 1.82) is 0 Å². The predicted molar refractivity (Wildman–Crippen MR) is 51.3 cm³/mol. The summed E-state index contributed by atoms with van der Waals surface area (Å²) in [6.45, 7) is 6.18. The Morgan fingerprint density at radius 2 is 2.46 bits per heavy atom. The van der Waals surface area contributed by atoms with Crippen molar-refractivity contribution in [3.63, 3.8) is 0 Å². The Labute approximate surface area is 79.1 Å². The van der Waals surface area contributed by atoms with Gasteiger partial charge in [-0.1, -0.05) is 12.3 Å². The summed E-state index contributed by atoms with van der Waals surface area (Å²) in [5, 5.41) is 13.4. The van der Waals surface area contributed by atoms with Gasteiger partial charge in [-0.2, -0.15) is 0 Å². The van der Waals surface area contributed by atoms with Gasteiger partial charge in [0.2, 0.25) is 0 Å². The van der Waals surface area contributed by atoms with E-state index < -0.39 is 5.60 Å². The fraction of sp³-hybridized carbons (Fsp3) is 0.700.